The lowest BCUT2D eigenvalue weighted by molar-refractivity contribution is 0.188. The molecule has 0 unspecified atom stereocenters. The van der Waals surface area contributed by atoms with Gasteiger partial charge < -0.3 is 10.3 Å². The second kappa shape index (κ2) is 11.7. The average molecular weight is 368 g/mol. The van der Waals surface area contributed by atoms with Crippen molar-refractivity contribution >= 4 is 17.5 Å². The van der Waals surface area contributed by atoms with Gasteiger partial charge in [0.25, 0.3) is 6.43 Å². The lowest BCUT2D eigenvalue weighted by Gasteiger charge is -2.19. The molecule has 0 atom stereocenters. The van der Waals surface area contributed by atoms with Gasteiger partial charge >= 0.3 is 0 Å². The minimum absolute atomic E-state index is 0.0920. The molecule has 0 bridgehead atoms. The third kappa shape index (κ3) is 7.70. The Hall–Kier alpha value is -1.86. The largest absolute Gasteiger partial charge is 0.377 e. The summed E-state index contributed by atoms with van der Waals surface area (Å²) in [6, 6.07) is 0. The third-order valence-corrected chi connectivity index (χ3v) is 4.19. The molecule has 1 heterocycles. The minimum atomic E-state index is -2.51. The van der Waals surface area contributed by atoms with Crippen molar-refractivity contribution in [3.63, 3.8) is 0 Å². The second-order valence-electron chi connectivity index (χ2n) is 5.21. The van der Waals surface area contributed by atoms with Gasteiger partial charge in [-0.05, 0) is 30.3 Å². The van der Waals surface area contributed by atoms with Crippen LogP contribution in [-0.2, 0) is 6.54 Å². The number of nitrogens with one attached hydrogen (secondary N) is 2. The van der Waals surface area contributed by atoms with Crippen LogP contribution in [0.5, 0.6) is 0 Å². The Morgan fingerprint density at radius 1 is 1.52 bits per heavy atom. The Morgan fingerprint density at radius 3 is 2.88 bits per heavy atom. The predicted molar refractivity (Wildman–Crippen MR) is 103 cm³/mol. The van der Waals surface area contributed by atoms with Crippen molar-refractivity contribution in [1.82, 2.24) is 19.6 Å². The van der Waals surface area contributed by atoms with Gasteiger partial charge in [0.05, 0.1) is 25.1 Å². The lowest BCUT2D eigenvalue weighted by Crippen LogP contribution is -2.26. The third-order valence-electron chi connectivity index (χ3n) is 3.30. The van der Waals surface area contributed by atoms with Gasteiger partial charge in [-0.15, -0.1) is 0 Å². The number of aromatic nitrogens is 2. The standard InChI is InChI=1S/C18H26F2N4S/c1-5-8-9-21-13-24(25-7-3)12-17-22-11-16(23-17)15(6-2)10-14(4)18(19)20/h5-6,8-9,11,18,21H,1,4,7,10,12-13H2,2-3H3,(H,22,23)/b9-8-,15-6?. The van der Waals surface area contributed by atoms with Crippen molar-refractivity contribution in [2.75, 3.05) is 12.4 Å². The molecule has 7 heteroatoms. The average Bonchev–Trinajstić information content (AvgIpc) is 3.04. The first kappa shape index (κ1) is 21.2. The molecule has 0 spiro atoms. The van der Waals surface area contributed by atoms with E-state index in [1.54, 1.807) is 24.2 Å². The van der Waals surface area contributed by atoms with E-state index in [0.717, 1.165) is 22.8 Å². The van der Waals surface area contributed by atoms with Crippen LogP contribution in [0.2, 0.25) is 0 Å². The highest BCUT2D eigenvalue weighted by atomic mass is 32.2. The summed E-state index contributed by atoms with van der Waals surface area (Å²) in [7, 11) is 0. The van der Waals surface area contributed by atoms with E-state index in [2.05, 4.69) is 39.7 Å². The van der Waals surface area contributed by atoms with E-state index in [1.165, 1.54) is 0 Å². The Balaban J connectivity index is 2.71. The van der Waals surface area contributed by atoms with Gasteiger partial charge in [-0.3, -0.25) is 0 Å². The molecule has 4 nitrogen and oxygen atoms in total. The van der Waals surface area contributed by atoms with E-state index < -0.39 is 6.43 Å². The number of allylic oxidation sites excluding steroid dienone is 5. The van der Waals surface area contributed by atoms with Crippen LogP contribution < -0.4 is 5.32 Å². The van der Waals surface area contributed by atoms with Crippen LogP contribution in [-0.4, -0.2) is 33.1 Å². The summed E-state index contributed by atoms with van der Waals surface area (Å²) < 4.78 is 27.5. The first-order valence-corrected chi connectivity index (χ1v) is 9.00. The zero-order valence-electron chi connectivity index (χ0n) is 14.8. The molecule has 0 aliphatic carbocycles. The van der Waals surface area contributed by atoms with Crippen molar-refractivity contribution < 1.29 is 8.78 Å². The summed E-state index contributed by atoms with van der Waals surface area (Å²) in [5.41, 5.74) is 1.43. The summed E-state index contributed by atoms with van der Waals surface area (Å²) in [4.78, 5) is 7.59. The summed E-state index contributed by atoms with van der Waals surface area (Å²) in [5, 5.41) is 3.18. The highest BCUT2D eigenvalue weighted by Crippen LogP contribution is 2.24. The molecule has 0 saturated carbocycles. The monoisotopic (exact) mass is 368 g/mol. The number of nitrogens with zero attached hydrogens (tertiary/aromatic N) is 2. The van der Waals surface area contributed by atoms with Crippen molar-refractivity contribution in [2.45, 2.75) is 33.2 Å². The summed E-state index contributed by atoms with van der Waals surface area (Å²) in [6.07, 6.45) is 6.48. The Kier molecular flexibility index (Phi) is 9.87. The predicted octanol–water partition coefficient (Wildman–Crippen LogP) is 4.74. The zero-order chi connectivity index (χ0) is 18.7. The van der Waals surface area contributed by atoms with E-state index in [1.807, 2.05) is 25.3 Å². The topological polar surface area (TPSA) is 44.0 Å². The van der Waals surface area contributed by atoms with Crippen LogP contribution in [0.4, 0.5) is 8.78 Å². The number of alkyl halides is 2. The fourth-order valence-electron chi connectivity index (χ4n) is 2.07. The van der Waals surface area contributed by atoms with Crippen molar-refractivity contribution in [3.05, 3.63) is 60.9 Å². The number of hydrogen-bond donors (Lipinski definition) is 2. The molecule has 1 aromatic heterocycles. The smallest absolute Gasteiger partial charge is 0.259 e. The maximum absolute atomic E-state index is 12.7. The fourth-order valence-corrected chi connectivity index (χ4v) is 2.81. The van der Waals surface area contributed by atoms with E-state index >= 15 is 0 Å². The van der Waals surface area contributed by atoms with Gasteiger partial charge in [-0.1, -0.05) is 44.2 Å². The maximum Gasteiger partial charge on any atom is 0.259 e. The number of H-pyrrole nitrogens is 1. The summed E-state index contributed by atoms with van der Waals surface area (Å²) in [6.45, 7) is 12.2. The van der Waals surface area contributed by atoms with E-state index in [9.17, 15) is 8.78 Å². The molecule has 1 rings (SSSR count). The number of halogens is 2. The van der Waals surface area contributed by atoms with Gasteiger partial charge in [-0.2, -0.15) is 0 Å². The van der Waals surface area contributed by atoms with Crippen LogP contribution >= 0.6 is 11.9 Å². The van der Waals surface area contributed by atoms with Gasteiger partial charge in [0.2, 0.25) is 0 Å². The highest BCUT2D eigenvalue weighted by Gasteiger charge is 2.14. The normalized spacial score (nSPS) is 12.3. The fraction of sp³-hybridized carbons (Fsp3) is 0.389. The minimum Gasteiger partial charge on any atom is -0.377 e. The van der Waals surface area contributed by atoms with Crippen molar-refractivity contribution in [1.29, 1.82) is 0 Å². The number of aromatic amines is 1. The molecule has 2 N–H and O–H groups in total. The molecule has 0 saturated heterocycles. The number of hydrogen-bond acceptors (Lipinski definition) is 4. The maximum atomic E-state index is 12.7. The van der Waals surface area contributed by atoms with E-state index in [4.69, 9.17) is 0 Å². The summed E-state index contributed by atoms with van der Waals surface area (Å²) in [5.74, 6) is 1.72. The molecule has 138 valence electrons. The number of imidazole rings is 1. The molecule has 0 amide bonds. The van der Waals surface area contributed by atoms with Gasteiger partial charge in [0, 0.05) is 12.2 Å². The lowest BCUT2D eigenvalue weighted by atomic mass is 10.0. The molecular formula is C18H26F2N4S. The molecule has 1 aromatic rings. The van der Waals surface area contributed by atoms with Gasteiger partial charge in [-0.25, -0.2) is 18.1 Å². The highest BCUT2D eigenvalue weighted by molar-refractivity contribution is 7.96. The van der Waals surface area contributed by atoms with Crippen LogP contribution in [0.3, 0.4) is 0 Å². The number of rotatable bonds is 12. The van der Waals surface area contributed by atoms with Crippen LogP contribution in [0.25, 0.3) is 5.57 Å². The molecule has 0 aliphatic rings. The molecule has 25 heavy (non-hydrogen) atoms. The Bertz CT molecular complexity index is 608. The SMILES string of the molecule is C=C/C=C\NCN(Cc1ncc(C(=CC)CC(=C)C(F)F)[nH]1)SCC. The van der Waals surface area contributed by atoms with Crippen LogP contribution in [0, 0.1) is 0 Å². The first-order chi connectivity index (χ1) is 12.0. The Morgan fingerprint density at radius 2 is 2.28 bits per heavy atom. The molecular weight excluding hydrogens is 342 g/mol. The molecule has 0 radical (unpaired) electrons. The quantitative estimate of drug-likeness (QED) is 0.242. The van der Waals surface area contributed by atoms with Gasteiger partial charge in [0.15, 0.2) is 0 Å². The second-order valence-corrected chi connectivity index (χ2v) is 6.56. The van der Waals surface area contributed by atoms with E-state index in [0.29, 0.717) is 13.2 Å². The molecule has 0 aliphatic heterocycles. The first-order valence-electron chi connectivity index (χ1n) is 8.05. The van der Waals surface area contributed by atoms with E-state index in [-0.39, 0.29) is 12.0 Å². The zero-order valence-corrected chi connectivity index (χ0v) is 15.6. The van der Waals surface area contributed by atoms with Crippen LogP contribution in [0.1, 0.15) is 31.8 Å². The Labute approximate surface area is 152 Å². The van der Waals surface area contributed by atoms with Crippen molar-refractivity contribution in [3.8, 4) is 0 Å². The van der Waals surface area contributed by atoms with Crippen LogP contribution in [0.15, 0.2) is 49.4 Å². The van der Waals surface area contributed by atoms with Gasteiger partial charge in [0.1, 0.15) is 5.82 Å². The summed E-state index contributed by atoms with van der Waals surface area (Å²) >= 11 is 1.69. The molecule has 0 aromatic carbocycles. The van der Waals surface area contributed by atoms with Crippen molar-refractivity contribution in [2.24, 2.45) is 0 Å². The molecule has 0 fully saturated rings.